The summed E-state index contributed by atoms with van der Waals surface area (Å²) in [6.45, 7) is 1.84. The molecule has 4 nitrogen and oxygen atoms in total. The molecule has 0 atom stereocenters. The third kappa shape index (κ3) is 3.85. The minimum absolute atomic E-state index is 0.0296. The fourth-order valence-corrected chi connectivity index (χ4v) is 2.13. The number of rotatable bonds is 4. The SMILES string of the molecule is O=C(CCNc1cc(C(F)(F)F)ccn1)N1CCCC1. The summed E-state index contributed by atoms with van der Waals surface area (Å²) in [5.74, 6) is 0.163. The maximum Gasteiger partial charge on any atom is 0.416 e. The molecule has 1 N–H and O–H groups in total. The number of hydrogen-bond donors (Lipinski definition) is 1. The summed E-state index contributed by atoms with van der Waals surface area (Å²) in [5, 5.41) is 2.75. The predicted molar refractivity (Wildman–Crippen MR) is 68.2 cm³/mol. The summed E-state index contributed by atoms with van der Waals surface area (Å²) >= 11 is 0. The molecule has 1 aliphatic rings. The molecule has 2 rings (SSSR count). The van der Waals surface area contributed by atoms with Crippen LogP contribution in [-0.4, -0.2) is 35.4 Å². The molecule has 7 heteroatoms. The number of alkyl halides is 3. The second kappa shape index (κ2) is 6.11. The molecule has 0 unspecified atom stereocenters. The highest BCUT2D eigenvalue weighted by molar-refractivity contribution is 5.76. The summed E-state index contributed by atoms with van der Waals surface area (Å²) in [6.07, 6.45) is -0.973. The Labute approximate surface area is 115 Å². The third-order valence-electron chi connectivity index (χ3n) is 3.19. The van der Waals surface area contributed by atoms with Crippen molar-refractivity contribution >= 4 is 11.7 Å². The first-order chi connectivity index (χ1) is 9.47. The van der Waals surface area contributed by atoms with E-state index >= 15 is 0 Å². The maximum absolute atomic E-state index is 12.5. The van der Waals surface area contributed by atoms with Crippen LogP contribution in [0, 0.1) is 0 Å². The lowest BCUT2D eigenvalue weighted by molar-refractivity contribution is -0.137. The fraction of sp³-hybridized carbons (Fsp3) is 0.538. The average molecular weight is 287 g/mol. The van der Waals surface area contributed by atoms with Crippen LogP contribution in [0.5, 0.6) is 0 Å². The van der Waals surface area contributed by atoms with Crippen molar-refractivity contribution in [1.82, 2.24) is 9.88 Å². The molecule has 1 aromatic heterocycles. The van der Waals surface area contributed by atoms with E-state index in [1.807, 2.05) is 0 Å². The number of aromatic nitrogens is 1. The van der Waals surface area contributed by atoms with Crippen LogP contribution in [0.2, 0.25) is 0 Å². The van der Waals surface area contributed by atoms with Gasteiger partial charge in [0.15, 0.2) is 0 Å². The Morgan fingerprint density at radius 3 is 2.70 bits per heavy atom. The van der Waals surface area contributed by atoms with Gasteiger partial charge in [0.05, 0.1) is 5.56 Å². The summed E-state index contributed by atoms with van der Waals surface area (Å²) in [6, 6.07) is 1.86. The number of likely N-dealkylation sites (tertiary alicyclic amines) is 1. The van der Waals surface area contributed by atoms with Crippen LogP contribution < -0.4 is 5.32 Å². The second-order valence-electron chi connectivity index (χ2n) is 4.69. The number of amides is 1. The molecule has 2 heterocycles. The van der Waals surface area contributed by atoms with Crippen molar-refractivity contribution in [3.8, 4) is 0 Å². The van der Waals surface area contributed by atoms with Gasteiger partial charge in [-0.3, -0.25) is 4.79 Å². The van der Waals surface area contributed by atoms with Gasteiger partial charge in [-0.1, -0.05) is 0 Å². The van der Waals surface area contributed by atoms with Crippen molar-refractivity contribution in [2.75, 3.05) is 25.0 Å². The lowest BCUT2D eigenvalue weighted by Crippen LogP contribution is -2.29. The number of nitrogens with zero attached hydrogens (tertiary/aromatic N) is 2. The molecule has 1 fully saturated rings. The highest BCUT2D eigenvalue weighted by atomic mass is 19.4. The molecule has 1 amide bonds. The van der Waals surface area contributed by atoms with E-state index in [0.717, 1.165) is 44.3 Å². The Morgan fingerprint density at radius 2 is 2.05 bits per heavy atom. The van der Waals surface area contributed by atoms with Crippen molar-refractivity contribution < 1.29 is 18.0 Å². The quantitative estimate of drug-likeness (QED) is 0.925. The monoisotopic (exact) mass is 287 g/mol. The first kappa shape index (κ1) is 14.6. The number of hydrogen-bond acceptors (Lipinski definition) is 3. The lowest BCUT2D eigenvalue weighted by Gasteiger charge is -2.15. The van der Waals surface area contributed by atoms with Gasteiger partial charge >= 0.3 is 6.18 Å². The van der Waals surface area contributed by atoms with Gasteiger partial charge in [-0.15, -0.1) is 0 Å². The second-order valence-corrected chi connectivity index (χ2v) is 4.69. The number of carbonyl (C=O) groups excluding carboxylic acids is 1. The molecule has 20 heavy (non-hydrogen) atoms. The van der Waals surface area contributed by atoms with Crippen molar-refractivity contribution in [3.05, 3.63) is 23.9 Å². The molecule has 1 aromatic rings. The fourth-order valence-electron chi connectivity index (χ4n) is 2.13. The highest BCUT2D eigenvalue weighted by Crippen LogP contribution is 2.29. The van der Waals surface area contributed by atoms with Gasteiger partial charge in [-0.05, 0) is 25.0 Å². The molecule has 0 bridgehead atoms. The Morgan fingerprint density at radius 1 is 1.35 bits per heavy atom. The van der Waals surface area contributed by atoms with Gasteiger partial charge in [0.25, 0.3) is 0 Å². The Bertz CT molecular complexity index is 470. The number of halogens is 3. The number of pyridine rings is 1. The topological polar surface area (TPSA) is 45.2 Å². The van der Waals surface area contributed by atoms with E-state index in [9.17, 15) is 18.0 Å². The summed E-state index contributed by atoms with van der Waals surface area (Å²) < 4.78 is 37.5. The minimum Gasteiger partial charge on any atom is -0.370 e. The van der Waals surface area contributed by atoms with E-state index < -0.39 is 11.7 Å². The summed E-state index contributed by atoms with van der Waals surface area (Å²) in [5.41, 5.74) is -0.749. The number of carbonyl (C=O) groups is 1. The molecule has 0 radical (unpaired) electrons. The van der Waals surface area contributed by atoms with Crippen molar-refractivity contribution in [2.45, 2.75) is 25.4 Å². The predicted octanol–water partition coefficient (Wildman–Crippen LogP) is 2.52. The lowest BCUT2D eigenvalue weighted by atomic mass is 10.2. The maximum atomic E-state index is 12.5. The molecule has 0 spiro atoms. The Kier molecular flexibility index (Phi) is 4.46. The molecular formula is C13H16F3N3O. The molecule has 0 aliphatic carbocycles. The van der Waals surface area contributed by atoms with Gasteiger partial charge < -0.3 is 10.2 Å². The van der Waals surface area contributed by atoms with Gasteiger partial charge in [0.1, 0.15) is 5.82 Å². The smallest absolute Gasteiger partial charge is 0.370 e. The van der Waals surface area contributed by atoms with E-state index in [1.165, 1.54) is 0 Å². The average Bonchev–Trinajstić information content (AvgIpc) is 2.92. The zero-order chi connectivity index (χ0) is 14.6. The molecule has 1 saturated heterocycles. The Hall–Kier alpha value is -1.79. The van der Waals surface area contributed by atoms with Crippen LogP contribution in [0.25, 0.3) is 0 Å². The molecule has 1 aliphatic heterocycles. The normalized spacial score (nSPS) is 15.4. The largest absolute Gasteiger partial charge is 0.416 e. The van der Waals surface area contributed by atoms with Crippen molar-refractivity contribution in [1.29, 1.82) is 0 Å². The zero-order valence-electron chi connectivity index (χ0n) is 10.9. The summed E-state index contributed by atoms with van der Waals surface area (Å²) in [4.78, 5) is 17.3. The van der Waals surface area contributed by atoms with E-state index in [2.05, 4.69) is 10.3 Å². The van der Waals surface area contributed by atoms with Crippen LogP contribution in [0.1, 0.15) is 24.8 Å². The molecule has 0 saturated carbocycles. The van der Waals surface area contributed by atoms with Crippen LogP contribution >= 0.6 is 0 Å². The van der Waals surface area contributed by atoms with Crippen molar-refractivity contribution in [3.63, 3.8) is 0 Å². The first-order valence-electron chi connectivity index (χ1n) is 6.52. The van der Waals surface area contributed by atoms with E-state index in [0.29, 0.717) is 0 Å². The first-order valence-corrected chi connectivity index (χ1v) is 6.52. The van der Waals surface area contributed by atoms with Crippen LogP contribution in [0.15, 0.2) is 18.3 Å². The number of nitrogens with one attached hydrogen (secondary N) is 1. The van der Waals surface area contributed by atoms with Gasteiger partial charge in [0.2, 0.25) is 5.91 Å². The van der Waals surface area contributed by atoms with Gasteiger partial charge in [-0.25, -0.2) is 4.98 Å². The van der Waals surface area contributed by atoms with Crippen LogP contribution in [0.4, 0.5) is 19.0 Å². The van der Waals surface area contributed by atoms with E-state index in [-0.39, 0.29) is 24.7 Å². The third-order valence-corrected chi connectivity index (χ3v) is 3.19. The molecular weight excluding hydrogens is 271 g/mol. The Balaban J connectivity index is 1.83. The molecule has 110 valence electrons. The van der Waals surface area contributed by atoms with Crippen molar-refractivity contribution in [2.24, 2.45) is 0 Å². The number of anilines is 1. The highest BCUT2D eigenvalue weighted by Gasteiger charge is 2.30. The van der Waals surface area contributed by atoms with E-state index in [4.69, 9.17) is 0 Å². The van der Waals surface area contributed by atoms with E-state index in [1.54, 1.807) is 4.90 Å². The van der Waals surface area contributed by atoms with Crippen LogP contribution in [-0.2, 0) is 11.0 Å². The van der Waals surface area contributed by atoms with Crippen LogP contribution in [0.3, 0.4) is 0 Å². The van der Waals surface area contributed by atoms with Gasteiger partial charge in [0, 0.05) is 32.3 Å². The summed E-state index contributed by atoms with van der Waals surface area (Å²) in [7, 11) is 0. The minimum atomic E-state index is -4.38. The molecule has 0 aromatic carbocycles. The zero-order valence-corrected chi connectivity index (χ0v) is 10.9. The standard InChI is InChI=1S/C13H16F3N3O/c14-13(15,16)10-3-5-17-11(9-10)18-6-4-12(20)19-7-1-2-8-19/h3,5,9H,1-2,4,6-8H2,(H,17,18). The van der Waals surface area contributed by atoms with Gasteiger partial charge in [-0.2, -0.15) is 13.2 Å².